The first-order valence-corrected chi connectivity index (χ1v) is 6.62. The molecule has 0 aliphatic rings. The number of rotatable bonds is 5. The number of halogens is 3. The maximum Gasteiger partial charge on any atom is 0.451 e. The Morgan fingerprint density at radius 2 is 2.11 bits per heavy atom. The Bertz CT molecular complexity index is 438. The van der Waals surface area contributed by atoms with Crippen LogP contribution in [0.4, 0.5) is 24.8 Å². The molecule has 0 saturated heterocycles. The van der Waals surface area contributed by atoms with Crippen molar-refractivity contribution in [3.63, 3.8) is 0 Å². The lowest BCUT2D eigenvalue weighted by Crippen LogP contribution is -2.17. The van der Waals surface area contributed by atoms with Gasteiger partial charge in [-0.05, 0) is 0 Å². The van der Waals surface area contributed by atoms with Crippen molar-refractivity contribution in [1.82, 2.24) is 9.97 Å². The van der Waals surface area contributed by atoms with Gasteiger partial charge < -0.3 is 11.1 Å². The lowest BCUT2D eigenvalue weighted by Gasteiger charge is -2.09. The van der Waals surface area contributed by atoms with Crippen LogP contribution >= 0.6 is 0 Å². The number of aromatic nitrogens is 2. The van der Waals surface area contributed by atoms with Gasteiger partial charge in [0.1, 0.15) is 11.6 Å². The molecule has 18 heavy (non-hydrogen) atoms. The van der Waals surface area contributed by atoms with Crippen LogP contribution in [-0.4, -0.2) is 32.2 Å². The fourth-order valence-electron chi connectivity index (χ4n) is 1.12. The second-order valence-corrected chi connectivity index (χ2v) is 5.22. The minimum Gasteiger partial charge on any atom is -0.384 e. The van der Waals surface area contributed by atoms with E-state index in [4.69, 9.17) is 5.73 Å². The third-order valence-corrected chi connectivity index (χ3v) is 3.26. The van der Waals surface area contributed by atoms with Crippen molar-refractivity contribution in [3.8, 4) is 0 Å². The highest BCUT2D eigenvalue weighted by molar-refractivity contribution is 7.84. The van der Waals surface area contributed by atoms with Crippen molar-refractivity contribution in [2.75, 3.05) is 29.1 Å². The Kier molecular flexibility index (Phi) is 4.88. The van der Waals surface area contributed by atoms with Crippen LogP contribution in [0.1, 0.15) is 12.7 Å². The van der Waals surface area contributed by atoms with Gasteiger partial charge in [0.05, 0.1) is 0 Å². The normalized spacial score (nSPS) is 13.3. The predicted molar refractivity (Wildman–Crippen MR) is 63.5 cm³/mol. The molecule has 1 aromatic rings. The van der Waals surface area contributed by atoms with Crippen LogP contribution < -0.4 is 11.1 Å². The number of nitrogens with two attached hydrogens (primary N) is 1. The van der Waals surface area contributed by atoms with Crippen molar-refractivity contribution >= 4 is 22.4 Å². The van der Waals surface area contributed by atoms with E-state index in [1.165, 1.54) is 6.07 Å². The average Bonchev–Trinajstić information content (AvgIpc) is 2.27. The molecule has 1 rings (SSSR count). The lowest BCUT2D eigenvalue weighted by atomic mass is 10.4. The van der Waals surface area contributed by atoms with Crippen LogP contribution in [0, 0.1) is 0 Å². The smallest absolute Gasteiger partial charge is 0.384 e. The van der Waals surface area contributed by atoms with Gasteiger partial charge in [-0.2, -0.15) is 13.2 Å². The van der Waals surface area contributed by atoms with Crippen molar-refractivity contribution in [2.45, 2.75) is 13.1 Å². The summed E-state index contributed by atoms with van der Waals surface area (Å²) in [6.07, 6.45) is -4.64. The van der Waals surface area contributed by atoms with E-state index in [-0.39, 0.29) is 18.2 Å². The molecule has 0 saturated carbocycles. The third kappa shape index (κ3) is 4.47. The quantitative estimate of drug-likeness (QED) is 0.849. The Morgan fingerprint density at radius 3 is 2.67 bits per heavy atom. The van der Waals surface area contributed by atoms with Gasteiger partial charge >= 0.3 is 6.18 Å². The summed E-state index contributed by atoms with van der Waals surface area (Å²) >= 11 is 0. The topological polar surface area (TPSA) is 80.9 Å². The Hall–Kier alpha value is -1.38. The van der Waals surface area contributed by atoms with E-state index >= 15 is 0 Å². The zero-order valence-electron chi connectivity index (χ0n) is 9.62. The van der Waals surface area contributed by atoms with Crippen molar-refractivity contribution < 1.29 is 17.4 Å². The van der Waals surface area contributed by atoms with Crippen molar-refractivity contribution in [3.05, 3.63) is 11.9 Å². The molecule has 102 valence electrons. The summed E-state index contributed by atoms with van der Waals surface area (Å²) in [6, 6.07) is 1.20. The van der Waals surface area contributed by atoms with Gasteiger partial charge in [0.25, 0.3) is 0 Å². The highest BCUT2D eigenvalue weighted by Gasteiger charge is 2.35. The van der Waals surface area contributed by atoms with Crippen LogP contribution in [0.25, 0.3) is 0 Å². The fourth-order valence-corrected chi connectivity index (χ4v) is 1.74. The monoisotopic (exact) mass is 282 g/mol. The maximum atomic E-state index is 12.4. The molecule has 0 aliphatic heterocycles. The van der Waals surface area contributed by atoms with Crippen LogP contribution in [0.5, 0.6) is 0 Å². The number of anilines is 2. The number of hydrogen-bond acceptors (Lipinski definition) is 5. The second kappa shape index (κ2) is 5.98. The minimum absolute atomic E-state index is 0.0251. The van der Waals surface area contributed by atoms with Crippen molar-refractivity contribution in [2.24, 2.45) is 0 Å². The van der Waals surface area contributed by atoms with Crippen LogP contribution in [0.15, 0.2) is 6.07 Å². The molecule has 0 aromatic carbocycles. The molecule has 9 heteroatoms. The summed E-state index contributed by atoms with van der Waals surface area (Å²) < 4.78 is 48.3. The number of nitrogens with one attached hydrogen (secondary N) is 1. The predicted octanol–water partition coefficient (Wildman–Crippen LogP) is 1.26. The summed E-state index contributed by atoms with van der Waals surface area (Å²) in [5.74, 6) is -0.746. The second-order valence-electron chi connectivity index (χ2n) is 3.36. The van der Waals surface area contributed by atoms with Crippen molar-refractivity contribution in [1.29, 1.82) is 0 Å². The molecule has 5 nitrogen and oxygen atoms in total. The average molecular weight is 282 g/mol. The fraction of sp³-hybridized carbons (Fsp3) is 0.556. The van der Waals surface area contributed by atoms with Crippen LogP contribution in [0.2, 0.25) is 0 Å². The molecule has 0 aliphatic carbocycles. The van der Waals surface area contributed by atoms with Crippen LogP contribution in [0.3, 0.4) is 0 Å². The number of nitrogens with zero attached hydrogens (tertiary/aromatic N) is 2. The van der Waals surface area contributed by atoms with Crippen LogP contribution in [-0.2, 0) is 17.0 Å². The molecular weight excluding hydrogens is 269 g/mol. The molecule has 3 N–H and O–H groups in total. The summed E-state index contributed by atoms with van der Waals surface area (Å²) in [6.45, 7) is 2.02. The Morgan fingerprint density at radius 1 is 1.44 bits per heavy atom. The standard InChI is InChI=1S/C9H13F3N4OS/c1-2-18(17)4-3-14-7-5-6(13)15-8(16-7)9(10,11)12/h5H,2-4H2,1H3,(H3,13,14,15,16). The molecule has 1 heterocycles. The summed E-state index contributed by atoms with van der Waals surface area (Å²) in [5.41, 5.74) is 5.26. The molecule has 1 unspecified atom stereocenters. The molecule has 0 amide bonds. The summed E-state index contributed by atoms with van der Waals surface area (Å²) in [7, 11) is -0.988. The zero-order chi connectivity index (χ0) is 13.8. The largest absolute Gasteiger partial charge is 0.451 e. The van der Waals surface area contributed by atoms with E-state index < -0.39 is 22.8 Å². The first-order valence-electron chi connectivity index (χ1n) is 5.13. The SMILES string of the molecule is CCS(=O)CCNc1cc(N)nc(C(F)(F)F)n1. The van der Waals surface area contributed by atoms with Gasteiger partial charge in [0.2, 0.25) is 5.82 Å². The van der Waals surface area contributed by atoms with E-state index in [2.05, 4.69) is 15.3 Å². The van der Waals surface area contributed by atoms with Gasteiger partial charge in [0, 0.05) is 34.9 Å². The van der Waals surface area contributed by atoms with Gasteiger partial charge in [-0.15, -0.1) is 0 Å². The summed E-state index contributed by atoms with van der Waals surface area (Å²) in [4.78, 5) is 6.41. The van der Waals surface area contributed by atoms with Gasteiger partial charge in [-0.25, -0.2) is 9.97 Å². The first-order chi connectivity index (χ1) is 8.32. The molecule has 0 spiro atoms. The highest BCUT2D eigenvalue weighted by Crippen LogP contribution is 2.27. The number of nitrogen functional groups attached to an aromatic ring is 1. The van der Waals surface area contributed by atoms with E-state index in [1.54, 1.807) is 6.92 Å². The molecule has 1 aromatic heterocycles. The van der Waals surface area contributed by atoms with Gasteiger partial charge in [0.15, 0.2) is 0 Å². The maximum absolute atomic E-state index is 12.4. The molecule has 0 fully saturated rings. The first kappa shape index (κ1) is 14.7. The van der Waals surface area contributed by atoms with E-state index in [0.29, 0.717) is 11.5 Å². The molecule has 0 radical (unpaired) electrons. The van der Waals surface area contributed by atoms with E-state index in [9.17, 15) is 17.4 Å². The molecule has 1 atom stereocenters. The Balaban J connectivity index is 2.72. The Labute approximate surface area is 104 Å². The minimum atomic E-state index is -4.64. The molecule has 0 bridgehead atoms. The van der Waals surface area contributed by atoms with Gasteiger partial charge in [-0.1, -0.05) is 6.92 Å². The van der Waals surface area contributed by atoms with E-state index in [1.807, 2.05) is 0 Å². The van der Waals surface area contributed by atoms with E-state index in [0.717, 1.165) is 0 Å². The highest BCUT2D eigenvalue weighted by atomic mass is 32.2. The zero-order valence-corrected chi connectivity index (χ0v) is 10.4. The lowest BCUT2D eigenvalue weighted by molar-refractivity contribution is -0.144. The number of hydrogen-bond donors (Lipinski definition) is 2. The van der Waals surface area contributed by atoms with Gasteiger partial charge in [-0.3, -0.25) is 4.21 Å². The molecular formula is C9H13F3N4OS. The number of alkyl halides is 3. The third-order valence-electron chi connectivity index (χ3n) is 1.96. The summed E-state index contributed by atoms with van der Waals surface area (Å²) in [5, 5.41) is 2.64.